The zero-order chi connectivity index (χ0) is 23.1. The molecule has 0 bridgehead atoms. The van der Waals surface area contributed by atoms with E-state index in [9.17, 15) is 21.6 Å². The number of hydrogen-bond acceptors (Lipinski definition) is 6. The minimum absolute atomic E-state index is 0.00540. The van der Waals surface area contributed by atoms with Gasteiger partial charge in [0.2, 0.25) is 0 Å². The molecule has 0 amide bonds. The van der Waals surface area contributed by atoms with Crippen LogP contribution < -0.4 is 10.0 Å². The van der Waals surface area contributed by atoms with Gasteiger partial charge in [0.15, 0.2) is 0 Å². The molecule has 0 saturated heterocycles. The number of fused-ring (bicyclic) bond motifs is 1. The molecule has 0 aliphatic carbocycles. The summed E-state index contributed by atoms with van der Waals surface area (Å²) < 4.78 is 67.4. The molecule has 2 N–H and O–H groups in total. The van der Waals surface area contributed by atoms with Crippen molar-refractivity contribution in [3.63, 3.8) is 0 Å². The molecule has 13 heteroatoms. The number of aromatic nitrogens is 4. The number of rotatable bonds is 5. The molecule has 0 fully saturated rings. The van der Waals surface area contributed by atoms with Crippen LogP contribution in [-0.4, -0.2) is 28.0 Å². The number of anilines is 3. The molecule has 0 aliphatic rings. The molecule has 32 heavy (non-hydrogen) atoms. The van der Waals surface area contributed by atoms with Gasteiger partial charge in [-0.25, -0.2) is 13.4 Å². The highest BCUT2D eigenvalue weighted by atomic mass is 35.5. The molecule has 8 nitrogen and oxygen atoms in total. The molecule has 0 saturated carbocycles. The Labute approximate surface area is 185 Å². The van der Waals surface area contributed by atoms with Crippen molar-refractivity contribution in [2.45, 2.75) is 18.0 Å². The Hall–Kier alpha value is -3.38. The second-order valence-electron chi connectivity index (χ2n) is 6.69. The van der Waals surface area contributed by atoms with Gasteiger partial charge in [-0.15, -0.1) is 5.10 Å². The van der Waals surface area contributed by atoms with Gasteiger partial charge in [-0.3, -0.25) is 4.72 Å². The number of halogens is 4. The lowest BCUT2D eigenvalue weighted by atomic mass is 10.3. The molecular formula is C19H14ClF3N6O2S. The molecule has 0 unspecified atom stereocenters. The maximum absolute atomic E-state index is 13.0. The monoisotopic (exact) mass is 482 g/mol. The first-order chi connectivity index (χ1) is 15.0. The standard InChI is InChI=1S/C19H14ClF3N6O2S/c1-11-10-16(29-18(24-11)26-17(27-29)19(21,22)23)25-13-6-8-15(9-7-13)32(30,31)28-14-4-2-12(20)3-5-14/h2-10,25,28H,1H3. The minimum atomic E-state index is -4.72. The lowest BCUT2D eigenvalue weighted by molar-refractivity contribution is -0.144. The highest BCUT2D eigenvalue weighted by molar-refractivity contribution is 7.92. The molecule has 0 spiro atoms. The van der Waals surface area contributed by atoms with Gasteiger partial charge in [0.05, 0.1) is 4.90 Å². The number of nitrogens with one attached hydrogen (secondary N) is 2. The van der Waals surface area contributed by atoms with Crippen LogP contribution in [0, 0.1) is 6.92 Å². The molecule has 2 heterocycles. The Bertz CT molecular complexity index is 1390. The van der Waals surface area contributed by atoms with Crippen LogP contribution in [-0.2, 0) is 16.2 Å². The molecule has 0 radical (unpaired) electrons. The fourth-order valence-electron chi connectivity index (χ4n) is 2.79. The average Bonchev–Trinajstić information content (AvgIpc) is 3.15. The van der Waals surface area contributed by atoms with Gasteiger partial charge >= 0.3 is 6.18 Å². The van der Waals surface area contributed by atoms with E-state index < -0.39 is 22.0 Å². The number of benzene rings is 2. The number of nitrogens with zero attached hydrogens (tertiary/aromatic N) is 4. The molecule has 2 aromatic carbocycles. The number of aryl methyl sites for hydroxylation is 1. The summed E-state index contributed by atoms with van der Waals surface area (Å²) in [7, 11) is -3.85. The Morgan fingerprint density at radius 2 is 1.59 bits per heavy atom. The first-order valence-electron chi connectivity index (χ1n) is 8.98. The van der Waals surface area contributed by atoms with Gasteiger partial charge in [0.25, 0.3) is 21.6 Å². The second kappa shape index (κ2) is 7.95. The van der Waals surface area contributed by atoms with Crippen molar-refractivity contribution in [1.82, 2.24) is 19.6 Å². The van der Waals surface area contributed by atoms with Crippen molar-refractivity contribution in [3.8, 4) is 0 Å². The molecule has 4 aromatic rings. The Morgan fingerprint density at radius 3 is 2.22 bits per heavy atom. The van der Waals surface area contributed by atoms with Gasteiger partial charge in [-0.2, -0.15) is 22.7 Å². The van der Waals surface area contributed by atoms with Crippen molar-refractivity contribution in [2.24, 2.45) is 0 Å². The summed E-state index contributed by atoms with van der Waals surface area (Å²) in [6.07, 6.45) is -4.72. The van der Waals surface area contributed by atoms with Crippen molar-refractivity contribution in [2.75, 3.05) is 10.0 Å². The van der Waals surface area contributed by atoms with E-state index in [-0.39, 0.29) is 16.5 Å². The molecule has 2 aromatic heterocycles. The van der Waals surface area contributed by atoms with E-state index in [1.165, 1.54) is 42.5 Å². The fourth-order valence-corrected chi connectivity index (χ4v) is 3.98. The molecule has 0 aliphatic heterocycles. The van der Waals surface area contributed by atoms with Gasteiger partial charge in [-0.1, -0.05) is 11.6 Å². The summed E-state index contributed by atoms with van der Waals surface area (Å²) in [5, 5.41) is 6.85. The number of alkyl halides is 3. The number of sulfonamides is 1. The maximum atomic E-state index is 13.0. The Kier molecular flexibility index (Phi) is 5.42. The lowest BCUT2D eigenvalue weighted by Gasteiger charge is -2.11. The van der Waals surface area contributed by atoms with Crippen LogP contribution >= 0.6 is 11.6 Å². The van der Waals surface area contributed by atoms with Crippen LogP contribution in [0.4, 0.5) is 30.4 Å². The smallest absolute Gasteiger partial charge is 0.340 e. The Morgan fingerprint density at radius 1 is 0.969 bits per heavy atom. The topological polar surface area (TPSA) is 101 Å². The van der Waals surface area contributed by atoms with Crippen LogP contribution in [0.1, 0.15) is 11.5 Å². The van der Waals surface area contributed by atoms with E-state index >= 15 is 0 Å². The van der Waals surface area contributed by atoms with E-state index in [1.807, 2.05) is 0 Å². The third kappa shape index (κ3) is 4.60. The summed E-state index contributed by atoms with van der Waals surface area (Å²) in [5.74, 6) is -1.34. The van der Waals surface area contributed by atoms with Gasteiger partial charge in [0, 0.05) is 28.2 Å². The van der Waals surface area contributed by atoms with E-state index in [1.54, 1.807) is 19.1 Å². The third-order valence-electron chi connectivity index (χ3n) is 4.23. The summed E-state index contributed by atoms with van der Waals surface area (Å²) in [5.41, 5.74) is 1.19. The first kappa shape index (κ1) is 21.8. The zero-order valence-corrected chi connectivity index (χ0v) is 17.8. The van der Waals surface area contributed by atoms with E-state index in [0.717, 1.165) is 4.52 Å². The predicted molar refractivity (Wildman–Crippen MR) is 113 cm³/mol. The van der Waals surface area contributed by atoms with Crippen LogP contribution in [0.2, 0.25) is 5.02 Å². The van der Waals surface area contributed by atoms with E-state index in [4.69, 9.17) is 11.6 Å². The maximum Gasteiger partial charge on any atom is 0.453 e. The first-order valence-corrected chi connectivity index (χ1v) is 10.8. The lowest BCUT2D eigenvalue weighted by Crippen LogP contribution is -2.12. The van der Waals surface area contributed by atoms with Gasteiger partial charge in [0.1, 0.15) is 5.82 Å². The quantitative estimate of drug-likeness (QED) is 0.429. The Balaban J connectivity index is 1.59. The normalized spacial score (nSPS) is 12.2. The average molecular weight is 483 g/mol. The molecular weight excluding hydrogens is 469 g/mol. The molecule has 4 rings (SSSR count). The summed E-state index contributed by atoms with van der Waals surface area (Å²) in [6, 6.07) is 13.3. The SMILES string of the molecule is Cc1cc(Nc2ccc(S(=O)(=O)Nc3ccc(Cl)cc3)cc2)n2nc(C(F)(F)F)nc2n1. The predicted octanol–water partition coefficient (Wildman–Crippen LogP) is 4.65. The fraction of sp³-hybridized carbons (Fsp3) is 0.105. The van der Waals surface area contributed by atoms with Crippen molar-refractivity contribution < 1.29 is 21.6 Å². The van der Waals surface area contributed by atoms with Crippen molar-refractivity contribution >= 4 is 44.6 Å². The number of hydrogen-bond donors (Lipinski definition) is 2. The summed E-state index contributed by atoms with van der Waals surface area (Å²) in [6.45, 7) is 1.60. The van der Waals surface area contributed by atoms with Crippen LogP contribution in [0.15, 0.2) is 59.5 Å². The van der Waals surface area contributed by atoms with Crippen LogP contribution in [0.25, 0.3) is 5.78 Å². The molecule has 0 atom stereocenters. The molecule has 166 valence electrons. The highest BCUT2D eigenvalue weighted by Crippen LogP contribution is 2.28. The minimum Gasteiger partial charge on any atom is -0.340 e. The van der Waals surface area contributed by atoms with E-state index in [0.29, 0.717) is 22.1 Å². The van der Waals surface area contributed by atoms with Crippen LogP contribution in [0.5, 0.6) is 0 Å². The van der Waals surface area contributed by atoms with E-state index in [2.05, 4.69) is 25.1 Å². The van der Waals surface area contributed by atoms with Crippen molar-refractivity contribution in [1.29, 1.82) is 0 Å². The highest BCUT2D eigenvalue weighted by Gasteiger charge is 2.36. The largest absolute Gasteiger partial charge is 0.453 e. The van der Waals surface area contributed by atoms with Gasteiger partial charge in [-0.05, 0) is 55.5 Å². The summed E-state index contributed by atoms with van der Waals surface area (Å²) >= 11 is 5.80. The van der Waals surface area contributed by atoms with Gasteiger partial charge < -0.3 is 5.32 Å². The van der Waals surface area contributed by atoms with Crippen molar-refractivity contribution in [3.05, 3.63) is 71.1 Å². The zero-order valence-electron chi connectivity index (χ0n) is 16.2. The summed E-state index contributed by atoms with van der Waals surface area (Å²) in [4.78, 5) is 7.37. The van der Waals surface area contributed by atoms with Crippen LogP contribution in [0.3, 0.4) is 0 Å². The third-order valence-corrected chi connectivity index (χ3v) is 5.88. The second-order valence-corrected chi connectivity index (χ2v) is 8.81.